The molecule has 8 nitrogen and oxygen atoms in total. The van der Waals surface area contributed by atoms with Crippen LogP contribution in [0.5, 0.6) is 11.5 Å². The molecule has 0 bridgehead atoms. The van der Waals surface area contributed by atoms with Crippen molar-refractivity contribution in [2.45, 2.75) is 19.4 Å². The van der Waals surface area contributed by atoms with Crippen molar-refractivity contribution in [3.63, 3.8) is 0 Å². The number of likely N-dealkylation sites (tertiary alicyclic amines) is 1. The number of carboxylic acid groups (broad SMARTS) is 2. The Hall–Kier alpha value is -3.39. The van der Waals surface area contributed by atoms with Gasteiger partial charge in [-0.25, -0.2) is 9.59 Å². The Morgan fingerprint density at radius 1 is 1.00 bits per heavy atom. The first-order valence-electron chi connectivity index (χ1n) is 9.06. The minimum absolute atomic E-state index is 0.0504. The van der Waals surface area contributed by atoms with Gasteiger partial charge in [-0.05, 0) is 44.3 Å². The summed E-state index contributed by atoms with van der Waals surface area (Å²) in [5, 5.41) is 14.8. The minimum Gasteiger partial charge on any atom is -0.473 e. The molecule has 2 aromatic rings. The molecule has 2 N–H and O–H groups in total. The zero-order chi connectivity index (χ0) is 21.4. The van der Waals surface area contributed by atoms with E-state index in [0.29, 0.717) is 5.75 Å². The number of hydrogen-bond acceptors (Lipinski definition) is 5. The van der Waals surface area contributed by atoms with E-state index in [9.17, 15) is 4.79 Å². The van der Waals surface area contributed by atoms with Gasteiger partial charge in [0.15, 0.2) is 5.75 Å². The van der Waals surface area contributed by atoms with Gasteiger partial charge in [0.1, 0.15) is 5.75 Å². The van der Waals surface area contributed by atoms with Gasteiger partial charge in [-0.15, -0.1) is 0 Å². The number of carboxylic acids is 2. The number of carbonyl (C=O) groups excluding carboxylic acids is 1. The molecule has 0 aromatic heterocycles. The van der Waals surface area contributed by atoms with Crippen molar-refractivity contribution in [3.8, 4) is 11.5 Å². The predicted molar refractivity (Wildman–Crippen MR) is 107 cm³/mol. The Morgan fingerprint density at radius 3 is 2.10 bits per heavy atom. The number of rotatable bonds is 4. The number of aliphatic carboxylic acids is 2. The fourth-order valence-corrected chi connectivity index (χ4v) is 3.10. The number of ether oxygens (including phenoxy) is 1. The number of anilines is 1. The van der Waals surface area contributed by atoms with Gasteiger partial charge in [0, 0.05) is 13.5 Å². The summed E-state index contributed by atoms with van der Waals surface area (Å²) in [5.74, 6) is -2.12. The lowest BCUT2D eigenvalue weighted by atomic mass is 10.1. The second-order valence-corrected chi connectivity index (χ2v) is 6.59. The molecule has 29 heavy (non-hydrogen) atoms. The van der Waals surface area contributed by atoms with Crippen LogP contribution < -0.4 is 9.64 Å². The van der Waals surface area contributed by atoms with E-state index in [4.69, 9.17) is 24.5 Å². The molecule has 8 heteroatoms. The smallest absolute Gasteiger partial charge is 0.414 e. The molecule has 0 spiro atoms. The highest BCUT2D eigenvalue weighted by atomic mass is 16.5. The Morgan fingerprint density at radius 2 is 1.59 bits per heavy atom. The highest BCUT2D eigenvalue weighted by Gasteiger charge is 2.30. The first-order valence-corrected chi connectivity index (χ1v) is 9.06. The summed E-state index contributed by atoms with van der Waals surface area (Å²) in [5.41, 5.74) is 0.837. The molecule has 0 aliphatic carbocycles. The molecular formula is C21H24N2O6. The van der Waals surface area contributed by atoms with Crippen LogP contribution in [0.2, 0.25) is 0 Å². The molecule has 1 amide bonds. The molecule has 1 aliphatic heterocycles. The summed E-state index contributed by atoms with van der Waals surface area (Å²) in [4.78, 5) is 34.6. The van der Waals surface area contributed by atoms with Gasteiger partial charge < -0.3 is 24.7 Å². The Kier molecular flexibility index (Phi) is 7.73. The van der Waals surface area contributed by atoms with Crippen molar-refractivity contribution in [2.24, 2.45) is 0 Å². The first-order chi connectivity index (χ1) is 13.8. The molecule has 2 aromatic carbocycles. The number of benzene rings is 2. The topological polar surface area (TPSA) is 107 Å². The molecule has 1 unspecified atom stereocenters. The molecule has 1 heterocycles. The third-order valence-corrected chi connectivity index (χ3v) is 4.35. The summed E-state index contributed by atoms with van der Waals surface area (Å²) >= 11 is 0. The van der Waals surface area contributed by atoms with Gasteiger partial charge in [-0.2, -0.15) is 0 Å². The summed E-state index contributed by atoms with van der Waals surface area (Å²) in [6.07, 6.45) is 0.982. The molecule has 1 fully saturated rings. The average molecular weight is 400 g/mol. The Balaban J connectivity index is 0.000000438. The standard InChI is InChI=1S/C19H22N2O2.C2H2O4/c1-15(22)21(16-12-13-20(2)14-16)18-10-6-7-11-19(18)23-17-8-4-3-5-9-17;3-1(4)2(5)6/h3-11,16H,12-14H2,1-2H3;(H,3,4)(H,5,6). The molecule has 1 atom stereocenters. The monoisotopic (exact) mass is 400 g/mol. The summed E-state index contributed by atoms with van der Waals surface area (Å²) in [6.45, 7) is 3.52. The van der Waals surface area contributed by atoms with E-state index in [1.165, 1.54) is 0 Å². The number of hydrogen-bond donors (Lipinski definition) is 2. The van der Waals surface area contributed by atoms with Gasteiger partial charge in [-0.1, -0.05) is 30.3 Å². The van der Waals surface area contributed by atoms with Crippen molar-refractivity contribution >= 4 is 23.5 Å². The van der Waals surface area contributed by atoms with Crippen LogP contribution in [0.25, 0.3) is 0 Å². The lowest BCUT2D eigenvalue weighted by molar-refractivity contribution is -0.159. The van der Waals surface area contributed by atoms with Crippen LogP contribution in [-0.2, 0) is 14.4 Å². The van der Waals surface area contributed by atoms with E-state index in [-0.39, 0.29) is 11.9 Å². The SMILES string of the molecule is CC(=O)N(c1ccccc1Oc1ccccc1)C1CCN(C)C1.O=C(O)C(=O)O. The van der Waals surface area contributed by atoms with Gasteiger partial charge in [0.2, 0.25) is 5.91 Å². The molecular weight excluding hydrogens is 376 g/mol. The van der Waals surface area contributed by atoms with Crippen LogP contribution >= 0.6 is 0 Å². The second-order valence-electron chi connectivity index (χ2n) is 6.59. The highest BCUT2D eigenvalue weighted by Crippen LogP contribution is 2.34. The molecule has 3 rings (SSSR count). The van der Waals surface area contributed by atoms with E-state index < -0.39 is 11.9 Å². The fraction of sp³-hybridized carbons (Fsp3) is 0.286. The molecule has 1 aliphatic rings. The summed E-state index contributed by atoms with van der Waals surface area (Å²) < 4.78 is 6.02. The number of nitrogens with zero attached hydrogens (tertiary/aromatic N) is 2. The van der Waals surface area contributed by atoms with Crippen LogP contribution in [0.15, 0.2) is 54.6 Å². The van der Waals surface area contributed by atoms with Crippen molar-refractivity contribution in [2.75, 3.05) is 25.0 Å². The van der Waals surface area contributed by atoms with Gasteiger partial charge in [-0.3, -0.25) is 4.79 Å². The van der Waals surface area contributed by atoms with Crippen LogP contribution in [-0.4, -0.2) is 59.1 Å². The zero-order valence-electron chi connectivity index (χ0n) is 16.3. The third kappa shape index (κ3) is 6.32. The molecule has 154 valence electrons. The van der Waals surface area contributed by atoms with E-state index in [2.05, 4.69) is 11.9 Å². The van der Waals surface area contributed by atoms with Crippen molar-refractivity contribution in [1.82, 2.24) is 4.90 Å². The quantitative estimate of drug-likeness (QED) is 0.760. The molecule has 1 saturated heterocycles. The van der Waals surface area contributed by atoms with Gasteiger partial charge in [0.05, 0.1) is 11.7 Å². The van der Waals surface area contributed by atoms with Crippen LogP contribution in [0.1, 0.15) is 13.3 Å². The maximum Gasteiger partial charge on any atom is 0.414 e. The van der Waals surface area contributed by atoms with Gasteiger partial charge >= 0.3 is 11.9 Å². The first kappa shape index (κ1) is 21.9. The van der Waals surface area contributed by atoms with Crippen LogP contribution in [0.4, 0.5) is 5.69 Å². The lowest BCUT2D eigenvalue weighted by Gasteiger charge is -2.29. The van der Waals surface area contributed by atoms with Crippen molar-refractivity contribution < 1.29 is 29.3 Å². The van der Waals surface area contributed by atoms with E-state index in [1.54, 1.807) is 6.92 Å². The Bertz CT molecular complexity index is 843. The molecule has 0 saturated carbocycles. The highest BCUT2D eigenvalue weighted by molar-refractivity contribution is 6.27. The normalized spacial score (nSPS) is 15.7. The number of likely N-dealkylation sites (N-methyl/N-ethyl adjacent to an activating group) is 1. The predicted octanol–water partition coefficient (Wildman–Crippen LogP) is 2.69. The zero-order valence-corrected chi connectivity index (χ0v) is 16.3. The molecule has 0 radical (unpaired) electrons. The minimum atomic E-state index is -1.82. The van der Waals surface area contributed by atoms with E-state index in [1.807, 2.05) is 59.5 Å². The van der Waals surface area contributed by atoms with Crippen molar-refractivity contribution in [1.29, 1.82) is 0 Å². The van der Waals surface area contributed by atoms with E-state index in [0.717, 1.165) is 30.9 Å². The summed E-state index contributed by atoms with van der Waals surface area (Å²) in [6, 6.07) is 17.6. The van der Waals surface area contributed by atoms with Crippen molar-refractivity contribution in [3.05, 3.63) is 54.6 Å². The number of carbonyl (C=O) groups is 3. The maximum atomic E-state index is 12.3. The lowest BCUT2D eigenvalue weighted by Crippen LogP contribution is -2.40. The Labute approximate surface area is 168 Å². The number of amides is 1. The van der Waals surface area contributed by atoms with Crippen LogP contribution in [0, 0.1) is 0 Å². The van der Waals surface area contributed by atoms with E-state index >= 15 is 0 Å². The fourth-order valence-electron chi connectivity index (χ4n) is 3.10. The van der Waals surface area contributed by atoms with Crippen LogP contribution in [0.3, 0.4) is 0 Å². The largest absolute Gasteiger partial charge is 0.473 e. The second kappa shape index (κ2) is 10.2. The summed E-state index contributed by atoms with van der Waals surface area (Å²) in [7, 11) is 2.09. The third-order valence-electron chi connectivity index (χ3n) is 4.35. The van der Waals surface area contributed by atoms with Gasteiger partial charge in [0.25, 0.3) is 0 Å². The maximum absolute atomic E-state index is 12.3. The average Bonchev–Trinajstić information content (AvgIpc) is 3.10. The number of para-hydroxylation sites is 3.